The Balaban J connectivity index is 1.45. The summed E-state index contributed by atoms with van der Waals surface area (Å²) in [6, 6.07) is 18.4. The molecule has 3 rings (SSSR count). The van der Waals surface area contributed by atoms with Gasteiger partial charge in [-0.1, -0.05) is 48.5 Å². The number of rotatable bonds is 5. The van der Waals surface area contributed by atoms with Crippen LogP contribution in [0.15, 0.2) is 54.6 Å². The van der Waals surface area contributed by atoms with E-state index in [0.717, 1.165) is 43.7 Å². The van der Waals surface area contributed by atoms with E-state index in [-0.39, 0.29) is 6.03 Å². The molecule has 1 heterocycles. The lowest BCUT2D eigenvalue weighted by molar-refractivity contribution is 0.170. The van der Waals surface area contributed by atoms with Gasteiger partial charge in [0.25, 0.3) is 0 Å². The molecule has 25 heavy (non-hydrogen) atoms. The number of nitrogens with one attached hydrogen (secondary N) is 1. The molecule has 2 aromatic rings. The zero-order valence-corrected chi connectivity index (χ0v) is 14.8. The monoisotopic (exact) mass is 338 g/mol. The Bertz CT molecular complexity index is 679. The van der Waals surface area contributed by atoms with Crippen molar-refractivity contribution in [3.63, 3.8) is 0 Å². The van der Waals surface area contributed by atoms with Gasteiger partial charge in [0, 0.05) is 25.2 Å². The van der Waals surface area contributed by atoms with Crippen molar-refractivity contribution in [3.8, 4) is 5.75 Å². The number of para-hydroxylation sites is 1. The summed E-state index contributed by atoms with van der Waals surface area (Å²) in [4.78, 5) is 14.3. The van der Waals surface area contributed by atoms with Gasteiger partial charge in [0.2, 0.25) is 0 Å². The highest BCUT2D eigenvalue weighted by Crippen LogP contribution is 2.22. The van der Waals surface area contributed by atoms with Gasteiger partial charge in [0.05, 0.1) is 7.11 Å². The van der Waals surface area contributed by atoms with Crippen LogP contribution in [0, 0.1) is 5.92 Å². The average Bonchev–Trinajstić information content (AvgIpc) is 2.67. The highest BCUT2D eigenvalue weighted by molar-refractivity contribution is 5.74. The van der Waals surface area contributed by atoms with Crippen molar-refractivity contribution in [2.75, 3.05) is 20.2 Å². The third-order valence-electron chi connectivity index (χ3n) is 4.89. The van der Waals surface area contributed by atoms with Crippen LogP contribution in [0.4, 0.5) is 4.79 Å². The first-order valence-corrected chi connectivity index (χ1v) is 8.95. The zero-order chi connectivity index (χ0) is 17.5. The smallest absolute Gasteiger partial charge is 0.317 e. The summed E-state index contributed by atoms with van der Waals surface area (Å²) in [7, 11) is 1.65. The highest BCUT2D eigenvalue weighted by atomic mass is 16.5. The van der Waals surface area contributed by atoms with Crippen LogP contribution >= 0.6 is 0 Å². The van der Waals surface area contributed by atoms with Crippen molar-refractivity contribution < 1.29 is 9.53 Å². The fraction of sp³-hybridized carbons (Fsp3) is 0.381. The van der Waals surface area contributed by atoms with Gasteiger partial charge in [-0.05, 0) is 36.8 Å². The summed E-state index contributed by atoms with van der Waals surface area (Å²) in [5, 5.41) is 3.01. The van der Waals surface area contributed by atoms with E-state index in [1.165, 1.54) is 5.56 Å². The quantitative estimate of drug-likeness (QED) is 0.899. The van der Waals surface area contributed by atoms with Crippen molar-refractivity contribution >= 4 is 6.03 Å². The number of likely N-dealkylation sites (tertiary alicyclic amines) is 1. The second-order valence-electron chi connectivity index (χ2n) is 6.59. The van der Waals surface area contributed by atoms with Gasteiger partial charge in [-0.25, -0.2) is 4.79 Å². The number of hydrogen-bond acceptors (Lipinski definition) is 2. The minimum absolute atomic E-state index is 0.0177. The second-order valence-corrected chi connectivity index (χ2v) is 6.59. The lowest BCUT2D eigenvalue weighted by Gasteiger charge is -2.32. The van der Waals surface area contributed by atoms with Gasteiger partial charge in [0.15, 0.2) is 0 Å². The average molecular weight is 338 g/mol. The topological polar surface area (TPSA) is 41.6 Å². The molecule has 0 spiro atoms. The number of hydrogen-bond donors (Lipinski definition) is 1. The van der Waals surface area contributed by atoms with Gasteiger partial charge in [-0.3, -0.25) is 0 Å². The Morgan fingerprint density at radius 1 is 1.08 bits per heavy atom. The molecule has 0 atom stereocenters. The number of urea groups is 1. The summed E-state index contributed by atoms with van der Waals surface area (Å²) < 4.78 is 5.33. The van der Waals surface area contributed by atoms with Crippen molar-refractivity contribution in [2.45, 2.75) is 25.8 Å². The van der Waals surface area contributed by atoms with E-state index in [0.29, 0.717) is 12.5 Å². The molecule has 0 saturated carbocycles. The van der Waals surface area contributed by atoms with Crippen LogP contribution in [0.3, 0.4) is 0 Å². The Hall–Kier alpha value is -2.49. The molecule has 0 radical (unpaired) electrons. The van der Waals surface area contributed by atoms with Crippen LogP contribution < -0.4 is 10.1 Å². The first kappa shape index (κ1) is 17.3. The SMILES string of the molecule is COc1ccccc1CNC(=O)N1CCC(Cc2ccccc2)CC1. The fourth-order valence-electron chi connectivity index (χ4n) is 3.42. The van der Waals surface area contributed by atoms with Crippen molar-refractivity contribution in [1.82, 2.24) is 10.2 Å². The van der Waals surface area contributed by atoms with E-state index < -0.39 is 0 Å². The summed E-state index contributed by atoms with van der Waals surface area (Å²) in [5.74, 6) is 1.48. The molecule has 132 valence electrons. The molecule has 2 aromatic carbocycles. The van der Waals surface area contributed by atoms with Crippen LogP contribution in [0.1, 0.15) is 24.0 Å². The van der Waals surface area contributed by atoms with Crippen molar-refractivity contribution in [3.05, 3.63) is 65.7 Å². The molecule has 0 bridgehead atoms. The number of ether oxygens (including phenoxy) is 1. The number of carbonyl (C=O) groups is 1. The normalized spacial score (nSPS) is 15.0. The van der Waals surface area contributed by atoms with Crippen molar-refractivity contribution in [2.24, 2.45) is 5.92 Å². The third-order valence-corrected chi connectivity index (χ3v) is 4.89. The standard InChI is InChI=1S/C21H26N2O2/c1-25-20-10-6-5-9-19(20)16-22-21(24)23-13-11-18(12-14-23)15-17-7-3-2-4-8-17/h2-10,18H,11-16H2,1H3,(H,22,24). The summed E-state index contributed by atoms with van der Waals surface area (Å²) in [6.45, 7) is 2.15. The van der Waals surface area contributed by atoms with Gasteiger partial charge in [-0.15, -0.1) is 0 Å². The van der Waals surface area contributed by atoms with Gasteiger partial charge in [0.1, 0.15) is 5.75 Å². The minimum Gasteiger partial charge on any atom is -0.496 e. The maximum absolute atomic E-state index is 12.4. The lowest BCUT2D eigenvalue weighted by atomic mass is 9.90. The molecule has 4 heteroatoms. The Morgan fingerprint density at radius 2 is 1.76 bits per heavy atom. The van der Waals surface area contributed by atoms with E-state index in [9.17, 15) is 4.79 Å². The third kappa shape index (κ3) is 4.75. The molecule has 0 aliphatic carbocycles. The fourth-order valence-corrected chi connectivity index (χ4v) is 3.42. The van der Waals surface area contributed by atoms with E-state index in [4.69, 9.17) is 4.74 Å². The van der Waals surface area contributed by atoms with E-state index in [2.05, 4.69) is 35.6 Å². The number of methoxy groups -OCH3 is 1. The Kier molecular flexibility index (Phi) is 5.94. The predicted octanol–water partition coefficient (Wildman–Crippen LogP) is 3.86. The molecule has 4 nitrogen and oxygen atoms in total. The Labute approximate surface area is 149 Å². The first-order chi connectivity index (χ1) is 12.3. The molecular formula is C21H26N2O2. The van der Waals surface area contributed by atoms with Gasteiger partial charge in [-0.2, -0.15) is 0 Å². The number of piperidine rings is 1. The number of amides is 2. The van der Waals surface area contributed by atoms with E-state index in [1.54, 1.807) is 7.11 Å². The van der Waals surface area contributed by atoms with Crippen LogP contribution in [0.2, 0.25) is 0 Å². The molecule has 0 aromatic heterocycles. The lowest BCUT2D eigenvalue weighted by Crippen LogP contribution is -2.44. The summed E-state index contributed by atoms with van der Waals surface area (Å²) in [6.07, 6.45) is 3.24. The highest BCUT2D eigenvalue weighted by Gasteiger charge is 2.22. The van der Waals surface area contributed by atoms with Gasteiger partial charge >= 0.3 is 6.03 Å². The molecule has 1 N–H and O–H groups in total. The van der Waals surface area contributed by atoms with E-state index in [1.807, 2.05) is 29.2 Å². The second kappa shape index (κ2) is 8.56. The molecule has 2 amide bonds. The van der Waals surface area contributed by atoms with Crippen LogP contribution in [-0.4, -0.2) is 31.1 Å². The molecular weight excluding hydrogens is 312 g/mol. The summed E-state index contributed by atoms with van der Waals surface area (Å²) in [5.41, 5.74) is 2.39. The van der Waals surface area contributed by atoms with Crippen LogP contribution in [0.25, 0.3) is 0 Å². The van der Waals surface area contributed by atoms with Crippen LogP contribution in [0.5, 0.6) is 5.75 Å². The molecule has 1 aliphatic rings. The molecule has 1 aliphatic heterocycles. The number of benzene rings is 2. The van der Waals surface area contributed by atoms with E-state index >= 15 is 0 Å². The number of nitrogens with zero attached hydrogens (tertiary/aromatic N) is 1. The van der Waals surface area contributed by atoms with Crippen molar-refractivity contribution in [1.29, 1.82) is 0 Å². The maximum atomic E-state index is 12.4. The molecule has 1 saturated heterocycles. The maximum Gasteiger partial charge on any atom is 0.317 e. The van der Waals surface area contributed by atoms with Gasteiger partial charge < -0.3 is 15.0 Å². The minimum atomic E-state index is 0.0177. The largest absolute Gasteiger partial charge is 0.496 e. The number of carbonyl (C=O) groups excluding carboxylic acids is 1. The molecule has 0 unspecified atom stereocenters. The molecule has 1 fully saturated rings. The Morgan fingerprint density at radius 3 is 2.48 bits per heavy atom. The summed E-state index contributed by atoms with van der Waals surface area (Å²) >= 11 is 0. The first-order valence-electron chi connectivity index (χ1n) is 8.95. The van der Waals surface area contributed by atoms with Crippen LogP contribution in [-0.2, 0) is 13.0 Å². The zero-order valence-electron chi connectivity index (χ0n) is 14.8. The predicted molar refractivity (Wildman–Crippen MR) is 99.7 cm³/mol.